The maximum atomic E-state index is 10.3. The lowest BCUT2D eigenvalue weighted by Crippen LogP contribution is -1.98. The van der Waals surface area contributed by atoms with Gasteiger partial charge in [-0.05, 0) is 24.1 Å². The van der Waals surface area contributed by atoms with Gasteiger partial charge in [-0.3, -0.25) is 14.6 Å². The summed E-state index contributed by atoms with van der Waals surface area (Å²) in [5, 5.41) is 8.42. The van der Waals surface area contributed by atoms with E-state index in [2.05, 4.69) is 4.98 Å². The molecule has 1 rings (SSSR count). The van der Waals surface area contributed by atoms with E-state index in [0.717, 1.165) is 5.56 Å². The van der Waals surface area contributed by atoms with Gasteiger partial charge >= 0.3 is 5.97 Å². The molecule has 1 aromatic heterocycles. The number of rotatable bonds is 4. The number of pyridine rings is 1. The summed E-state index contributed by atoms with van der Waals surface area (Å²) in [5.74, 6) is -0.843. The number of carboxylic acids is 1. The fraction of sp³-hybridized carbons (Fsp3) is 0.222. The number of carbonyl (C=O) groups excluding carboxylic acids is 1. The van der Waals surface area contributed by atoms with Crippen LogP contribution in [0.1, 0.15) is 22.5 Å². The third-order valence-electron chi connectivity index (χ3n) is 1.59. The number of aliphatic carboxylic acids is 1. The molecule has 0 fully saturated rings. The highest BCUT2D eigenvalue weighted by atomic mass is 16.4. The first-order chi connectivity index (χ1) is 6.22. The number of aldehydes is 1. The Morgan fingerprint density at radius 3 is 3.00 bits per heavy atom. The van der Waals surface area contributed by atoms with Crippen LogP contribution in [0.5, 0.6) is 0 Å². The van der Waals surface area contributed by atoms with Gasteiger partial charge in [-0.1, -0.05) is 0 Å². The van der Waals surface area contributed by atoms with Gasteiger partial charge in [-0.15, -0.1) is 0 Å². The molecule has 0 atom stereocenters. The lowest BCUT2D eigenvalue weighted by Gasteiger charge is -1.97. The molecule has 4 heteroatoms. The molecule has 0 radical (unpaired) electrons. The Balaban J connectivity index is 2.66. The van der Waals surface area contributed by atoms with Crippen molar-refractivity contribution in [3.8, 4) is 0 Å². The van der Waals surface area contributed by atoms with E-state index in [1.165, 1.54) is 6.20 Å². The van der Waals surface area contributed by atoms with Crippen LogP contribution >= 0.6 is 0 Å². The first-order valence-corrected chi connectivity index (χ1v) is 3.84. The van der Waals surface area contributed by atoms with Gasteiger partial charge in [0, 0.05) is 12.6 Å². The second-order valence-electron chi connectivity index (χ2n) is 2.60. The predicted octanol–water partition coefficient (Wildman–Crippen LogP) is 0.911. The average Bonchev–Trinajstić information content (AvgIpc) is 2.15. The summed E-state index contributed by atoms with van der Waals surface area (Å²) in [7, 11) is 0. The summed E-state index contributed by atoms with van der Waals surface area (Å²) >= 11 is 0. The van der Waals surface area contributed by atoms with E-state index in [-0.39, 0.29) is 6.42 Å². The van der Waals surface area contributed by atoms with Crippen LogP contribution < -0.4 is 0 Å². The molecule has 1 heterocycles. The molecule has 0 amide bonds. The Hall–Kier alpha value is -1.71. The van der Waals surface area contributed by atoms with E-state index in [1.54, 1.807) is 12.1 Å². The number of nitrogens with zero attached hydrogens (tertiary/aromatic N) is 1. The van der Waals surface area contributed by atoms with Crippen LogP contribution in [0.25, 0.3) is 0 Å². The summed E-state index contributed by atoms with van der Waals surface area (Å²) in [6, 6.07) is 3.30. The van der Waals surface area contributed by atoms with Crippen molar-refractivity contribution in [1.82, 2.24) is 4.98 Å². The number of hydrogen-bond donors (Lipinski definition) is 1. The molecule has 0 spiro atoms. The Morgan fingerprint density at radius 1 is 1.62 bits per heavy atom. The fourth-order valence-electron chi connectivity index (χ4n) is 0.966. The van der Waals surface area contributed by atoms with Crippen LogP contribution in [0.3, 0.4) is 0 Å². The molecular weight excluding hydrogens is 170 g/mol. The summed E-state index contributed by atoms with van der Waals surface area (Å²) in [6.07, 6.45) is 2.65. The molecule has 1 aromatic rings. The summed E-state index contributed by atoms with van der Waals surface area (Å²) in [6.45, 7) is 0. The second-order valence-corrected chi connectivity index (χ2v) is 2.60. The molecule has 0 aromatic carbocycles. The zero-order valence-corrected chi connectivity index (χ0v) is 6.93. The predicted molar refractivity (Wildman–Crippen MR) is 45.6 cm³/mol. The van der Waals surface area contributed by atoms with Crippen molar-refractivity contribution < 1.29 is 14.7 Å². The highest BCUT2D eigenvalue weighted by molar-refractivity contribution is 5.72. The van der Waals surface area contributed by atoms with Crippen molar-refractivity contribution in [2.75, 3.05) is 0 Å². The molecule has 0 saturated carbocycles. The SMILES string of the molecule is O=Cc1cc(CCC(=O)O)ccn1. The van der Waals surface area contributed by atoms with Gasteiger partial charge < -0.3 is 5.11 Å². The summed E-state index contributed by atoms with van der Waals surface area (Å²) in [4.78, 5) is 24.3. The Kier molecular flexibility index (Phi) is 3.14. The van der Waals surface area contributed by atoms with Gasteiger partial charge in [0.1, 0.15) is 5.69 Å². The largest absolute Gasteiger partial charge is 0.481 e. The van der Waals surface area contributed by atoms with Gasteiger partial charge in [-0.2, -0.15) is 0 Å². The van der Waals surface area contributed by atoms with Crippen LogP contribution in [0.2, 0.25) is 0 Å². The number of carboxylic acid groups (broad SMARTS) is 1. The molecule has 4 nitrogen and oxygen atoms in total. The topological polar surface area (TPSA) is 67.3 Å². The minimum absolute atomic E-state index is 0.0717. The van der Waals surface area contributed by atoms with Gasteiger partial charge in [-0.25, -0.2) is 0 Å². The van der Waals surface area contributed by atoms with Crippen molar-refractivity contribution >= 4 is 12.3 Å². The van der Waals surface area contributed by atoms with Crippen LogP contribution in [-0.2, 0) is 11.2 Å². The second kappa shape index (κ2) is 4.35. The van der Waals surface area contributed by atoms with Crippen LogP contribution in [-0.4, -0.2) is 22.3 Å². The summed E-state index contributed by atoms with van der Waals surface area (Å²) in [5.41, 5.74) is 1.15. The van der Waals surface area contributed by atoms with E-state index < -0.39 is 5.97 Å². The minimum Gasteiger partial charge on any atom is -0.481 e. The molecule has 0 aliphatic carbocycles. The average molecular weight is 179 g/mol. The van der Waals surface area contributed by atoms with E-state index in [4.69, 9.17) is 5.11 Å². The number of aromatic nitrogens is 1. The van der Waals surface area contributed by atoms with Gasteiger partial charge in [0.05, 0.1) is 0 Å². The molecule has 13 heavy (non-hydrogen) atoms. The zero-order valence-electron chi connectivity index (χ0n) is 6.93. The Labute approximate surface area is 75.2 Å². The maximum Gasteiger partial charge on any atom is 0.303 e. The Morgan fingerprint density at radius 2 is 2.38 bits per heavy atom. The lowest BCUT2D eigenvalue weighted by atomic mass is 10.1. The van der Waals surface area contributed by atoms with Gasteiger partial charge in [0.15, 0.2) is 6.29 Å². The lowest BCUT2D eigenvalue weighted by molar-refractivity contribution is -0.136. The van der Waals surface area contributed by atoms with Crippen molar-refractivity contribution in [2.45, 2.75) is 12.8 Å². The molecular formula is C9H9NO3. The van der Waals surface area contributed by atoms with E-state index in [9.17, 15) is 9.59 Å². The highest BCUT2D eigenvalue weighted by Crippen LogP contribution is 2.03. The number of aryl methyl sites for hydroxylation is 1. The molecule has 0 saturated heterocycles. The fourth-order valence-corrected chi connectivity index (χ4v) is 0.966. The first kappa shape index (κ1) is 9.38. The van der Waals surface area contributed by atoms with E-state index in [1.807, 2.05) is 0 Å². The van der Waals surface area contributed by atoms with Crippen molar-refractivity contribution in [2.24, 2.45) is 0 Å². The normalized spacial score (nSPS) is 9.54. The third-order valence-corrected chi connectivity index (χ3v) is 1.59. The molecule has 1 N–H and O–H groups in total. The van der Waals surface area contributed by atoms with E-state index >= 15 is 0 Å². The molecule has 0 bridgehead atoms. The van der Waals surface area contributed by atoms with Crippen LogP contribution in [0.15, 0.2) is 18.3 Å². The number of hydrogen-bond acceptors (Lipinski definition) is 3. The number of carbonyl (C=O) groups is 2. The van der Waals surface area contributed by atoms with Crippen molar-refractivity contribution in [1.29, 1.82) is 0 Å². The molecule has 0 aliphatic rings. The zero-order chi connectivity index (χ0) is 9.68. The third kappa shape index (κ3) is 3.02. The molecule has 0 unspecified atom stereocenters. The van der Waals surface area contributed by atoms with E-state index in [0.29, 0.717) is 18.4 Å². The Bertz CT molecular complexity index is 322. The van der Waals surface area contributed by atoms with Crippen LogP contribution in [0.4, 0.5) is 0 Å². The maximum absolute atomic E-state index is 10.3. The van der Waals surface area contributed by atoms with Gasteiger partial charge in [0.2, 0.25) is 0 Å². The summed E-state index contributed by atoms with van der Waals surface area (Å²) < 4.78 is 0. The quantitative estimate of drug-likeness (QED) is 0.697. The molecule has 0 aliphatic heterocycles. The standard InChI is InChI=1S/C9H9NO3/c11-6-8-5-7(3-4-10-8)1-2-9(12)13/h3-6H,1-2H2,(H,12,13). The smallest absolute Gasteiger partial charge is 0.303 e. The van der Waals surface area contributed by atoms with Crippen LogP contribution in [0, 0.1) is 0 Å². The molecule has 68 valence electrons. The minimum atomic E-state index is -0.843. The highest BCUT2D eigenvalue weighted by Gasteiger charge is 2.00. The van der Waals surface area contributed by atoms with Crippen molar-refractivity contribution in [3.63, 3.8) is 0 Å². The van der Waals surface area contributed by atoms with Crippen molar-refractivity contribution in [3.05, 3.63) is 29.6 Å². The monoisotopic (exact) mass is 179 g/mol. The van der Waals surface area contributed by atoms with Gasteiger partial charge in [0.25, 0.3) is 0 Å². The first-order valence-electron chi connectivity index (χ1n) is 3.84.